The number of carbonyl (C=O) groups excluding carboxylic acids is 1. The third-order valence-electron chi connectivity index (χ3n) is 4.66. The van der Waals surface area contributed by atoms with E-state index in [1.807, 2.05) is 6.92 Å². The van der Waals surface area contributed by atoms with Crippen LogP contribution in [0.4, 0.5) is 0 Å². The highest BCUT2D eigenvalue weighted by Crippen LogP contribution is 2.21. The molecule has 1 atom stereocenters. The second kappa shape index (κ2) is 8.22. The molecule has 2 aliphatic heterocycles. The van der Waals surface area contributed by atoms with E-state index in [9.17, 15) is 4.79 Å². The number of thiazole rings is 1. The summed E-state index contributed by atoms with van der Waals surface area (Å²) in [4.78, 5) is 19.1. The van der Waals surface area contributed by atoms with Crippen molar-refractivity contribution in [2.75, 3.05) is 26.3 Å². The van der Waals surface area contributed by atoms with Crippen molar-refractivity contribution >= 4 is 17.3 Å². The molecule has 0 amide bonds. The number of ether oxygens (including phenoxy) is 2. The van der Waals surface area contributed by atoms with Gasteiger partial charge in [-0.05, 0) is 52.1 Å². The minimum absolute atomic E-state index is 0.0386. The predicted octanol–water partition coefficient (Wildman–Crippen LogP) is 2.78. The Bertz CT molecular complexity index is 506. The van der Waals surface area contributed by atoms with Crippen molar-refractivity contribution < 1.29 is 14.3 Å². The molecule has 2 saturated heterocycles. The zero-order valence-electron chi connectivity index (χ0n) is 13.8. The fourth-order valence-electron chi connectivity index (χ4n) is 3.27. The quantitative estimate of drug-likeness (QED) is 0.773. The van der Waals surface area contributed by atoms with Crippen LogP contribution in [0.3, 0.4) is 0 Å². The molecule has 0 saturated carbocycles. The van der Waals surface area contributed by atoms with Crippen LogP contribution in [0.2, 0.25) is 0 Å². The van der Waals surface area contributed by atoms with E-state index < -0.39 is 0 Å². The Morgan fingerprint density at radius 3 is 2.87 bits per heavy atom. The number of piperidine rings is 1. The van der Waals surface area contributed by atoms with Crippen molar-refractivity contribution in [3.05, 3.63) is 16.1 Å². The number of hydrogen-bond acceptors (Lipinski definition) is 6. The number of esters is 1. The van der Waals surface area contributed by atoms with Gasteiger partial charge in [0.05, 0.1) is 22.7 Å². The summed E-state index contributed by atoms with van der Waals surface area (Å²) in [5.41, 5.74) is 1.14. The molecule has 3 heterocycles. The van der Waals surface area contributed by atoms with Gasteiger partial charge >= 0.3 is 5.97 Å². The Morgan fingerprint density at radius 1 is 1.39 bits per heavy atom. The van der Waals surface area contributed by atoms with Gasteiger partial charge in [-0.15, -0.1) is 11.3 Å². The van der Waals surface area contributed by atoms with E-state index in [1.54, 1.807) is 11.3 Å². The Hall–Kier alpha value is -0.980. The van der Waals surface area contributed by atoms with E-state index in [0.717, 1.165) is 62.6 Å². The normalized spacial score (nSPS) is 23.8. The minimum atomic E-state index is -0.0386. The van der Waals surface area contributed by atoms with Gasteiger partial charge in [0.15, 0.2) is 0 Å². The first-order chi connectivity index (χ1) is 11.2. The summed E-state index contributed by atoms with van der Waals surface area (Å²) in [6, 6.07) is 0. The molecule has 0 spiro atoms. The molecule has 0 bridgehead atoms. The third-order valence-corrected chi connectivity index (χ3v) is 5.48. The highest BCUT2D eigenvalue weighted by Gasteiger charge is 2.27. The third kappa shape index (κ3) is 4.99. The summed E-state index contributed by atoms with van der Waals surface area (Å²) in [6.45, 7) is 6.04. The highest BCUT2D eigenvalue weighted by molar-refractivity contribution is 7.09. The summed E-state index contributed by atoms with van der Waals surface area (Å²) in [5, 5.41) is 3.24. The Labute approximate surface area is 142 Å². The number of carbonyl (C=O) groups is 1. The van der Waals surface area contributed by atoms with Crippen molar-refractivity contribution in [1.29, 1.82) is 0 Å². The average molecular weight is 338 g/mol. The van der Waals surface area contributed by atoms with Crippen LogP contribution in [0.1, 0.15) is 42.8 Å². The largest absolute Gasteiger partial charge is 0.463 e. The number of nitrogens with zero attached hydrogens (tertiary/aromatic N) is 2. The summed E-state index contributed by atoms with van der Waals surface area (Å²) >= 11 is 1.69. The topological polar surface area (TPSA) is 51.7 Å². The SMILES string of the molecule is Cc1nc(CN2CCC(C(=O)OC[C@H]3CCCCO3)CC2)cs1. The van der Waals surface area contributed by atoms with Gasteiger partial charge in [-0.1, -0.05) is 0 Å². The van der Waals surface area contributed by atoms with Crippen LogP contribution >= 0.6 is 11.3 Å². The molecule has 5 nitrogen and oxygen atoms in total. The van der Waals surface area contributed by atoms with Crippen LogP contribution in [0.25, 0.3) is 0 Å². The molecule has 2 aliphatic rings. The van der Waals surface area contributed by atoms with Gasteiger partial charge in [-0.25, -0.2) is 4.98 Å². The van der Waals surface area contributed by atoms with Gasteiger partial charge < -0.3 is 9.47 Å². The van der Waals surface area contributed by atoms with Crippen LogP contribution in [0.5, 0.6) is 0 Å². The van der Waals surface area contributed by atoms with Gasteiger partial charge in [0.2, 0.25) is 0 Å². The van der Waals surface area contributed by atoms with Crippen molar-refractivity contribution in [1.82, 2.24) is 9.88 Å². The standard InChI is InChI=1S/C17H26N2O3S/c1-13-18-15(12-23-13)10-19-7-5-14(6-8-19)17(20)22-11-16-4-2-3-9-21-16/h12,14,16H,2-11H2,1H3/t16-/m1/s1. The zero-order chi connectivity index (χ0) is 16.1. The van der Waals surface area contributed by atoms with E-state index in [4.69, 9.17) is 9.47 Å². The Kier molecular flexibility index (Phi) is 6.02. The lowest BCUT2D eigenvalue weighted by Crippen LogP contribution is -2.37. The van der Waals surface area contributed by atoms with Crippen molar-refractivity contribution in [3.63, 3.8) is 0 Å². The number of likely N-dealkylation sites (tertiary alicyclic amines) is 1. The molecule has 1 aromatic heterocycles. The minimum Gasteiger partial charge on any atom is -0.463 e. The van der Waals surface area contributed by atoms with Crippen LogP contribution < -0.4 is 0 Å². The van der Waals surface area contributed by atoms with Gasteiger partial charge in [0.1, 0.15) is 6.61 Å². The first kappa shape index (κ1) is 16.9. The lowest BCUT2D eigenvalue weighted by Gasteiger charge is -2.30. The molecule has 0 aliphatic carbocycles. The molecule has 0 radical (unpaired) electrons. The summed E-state index contributed by atoms with van der Waals surface area (Å²) in [7, 11) is 0. The Balaban J connectivity index is 1.37. The number of aryl methyl sites for hydroxylation is 1. The van der Waals surface area contributed by atoms with Crippen LogP contribution in [0.15, 0.2) is 5.38 Å². The molecule has 128 valence electrons. The lowest BCUT2D eigenvalue weighted by molar-refractivity contribution is -0.155. The van der Waals surface area contributed by atoms with Gasteiger partial charge in [0.25, 0.3) is 0 Å². The summed E-state index contributed by atoms with van der Waals surface area (Å²) in [6.07, 6.45) is 5.19. The second-order valence-electron chi connectivity index (χ2n) is 6.53. The van der Waals surface area contributed by atoms with E-state index in [2.05, 4.69) is 15.3 Å². The molecule has 3 rings (SSSR count). The van der Waals surface area contributed by atoms with Crippen LogP contribution in [-0.4, -0.2) is 48.3 Å². The average Bonchev–Trinajstić information content (AvgIpc) is 2.99. The van der Waals surface area contributed by atoms with Gasteiger partial charge in [0, 0.05) is 18.5 Å². The number of hydrogen-bond donors (Lipinski definition) is 0. The molecule has 2 fully saturated rings. The molecule has 0 aromatic carbocycles. The van der Waals surface area contributed by atoms with E-state index >= 15 is 0 Å². The Morgan fingerprint density at radius 2 is 2.22 bits per heavy atom. The fraction of sp³-hybridized carbons (Fsp3) is 0.765. The van der Waals surface area contributed by atoms with Crippen LogP contribution in [-0.2, 0) is 20.8 Å². The summed E-state index contributed by atoms with van der Waals surface area (Å²) < 4.78 is 11.1. The predicted molar refractivity (Wildman–Crippen MR) is 89.4 cm³/mol. The zero-order valence-corrected chi connectivity index (χ0v) is 14.6. The number of rotatable bonds is 5. The van der Waals surface area contributed by atoms with Crippen molar-refractivity contribution in [2.24, 2.45) is 5.92 Å². The molecule has 6 heteroatoms. The lowest BCUT2D eigenvalue weighted by atomic mass is 9.97. The maximum Gasteiger partial charge on any atom is 0.309 e. The van der Waals surface area contributed by atoms with E-state index in [1.165, 1.54) is 6.42 Å². The smallest absolute Gasteiger partial charge is 0.309 e. The summed E-state index contributed by atoms with van der Waals surface area (Å²) in [5.74, 6) is 0.00957. The van der Waals surface area contributed by atoms with Crippen molar-refractivity contribution in [3.8, 4) is 0 Å². The first-order valence-electron chi connectivity index (χ1n) is 8.62. The molecule has 1 aromatic rings. The second-order valence-corrected chi connectivity index (χ2v) is 7.59. The van der Waals surface area contributed by atoms with E-state index in [-0.39, 0.29) is 18.0 Å². The number of aromatic nitrogens is 1. The molecule has 0 N–H and O–H groups in total. The highest BCUT2D eigenvalue weighted by atomic mass is 32.1. The molecule has 0 unspecified atom stereocenters. The molecule has 23 heavy (non-hydrogen) atoms. The van der Waals surface area contributed by atoms with Gasteiger partial charge in [-0.2, -0.15) is 0 Å². The van der Waals surface area contributed by atoms with Crippen LogP contribution in [0, 0.1) is 12.8 Å². The first-order valence-corrected chi connectivity index (χ1v) is 9.50. The molecular formula is C17H26N2O3S. The monoisotopic (exact) mass is 338 g/mol. The maximum absolute atomic E-state index is 12.2. The van der Waals surface area contributed by atoms with E-state index in [0.29, 0.717) is 6.61 Å². The van der Waals surface area contributed by atoms with Crippen molar-refractivity contribution in [2.45, 2.75) is 51.7 Å². The maximum atomic E-state index is 12.2. The fourth-order valence-corrected chi connectivity index (χ4v) is 3.87. The van der Waals surface area contributed by atoms with Gasteiger partial charge in [-0.3, -0.25) is 9.69 Å². The molecular weight excluding hydrogens is 312 g/mol.